The molecule has 0 saturated heterocycles. The molecule has 3 nitrogen and oxygen atoms in total. The Morgan fingerprint density at radius 3 is 2.65 bits per heavy atom. The van der Waals surface area contributed by atoms with Gasteiger partial charge in [-0.15, -0.1) is 0 Å². The van der Waals surface area contributed by atoms with Gasteiger partial charge >= 0.3 is 0 Å². The Morgan fingerprint density at radius 1 is 1.09 bits per heavy atom. The van der Waals surface area contributed by atoms with Crippen molar-refractivity contribution < 1.29 is 0 Å². The highest BCUT2D eigenvalue weighted by Gasteiger charge is 2.07. The zero-order valence-corrected chi connectivity index (χ0v) is 13.6. The highest BCUT2D eigenvalue weighted by molar-refractivity contribution is 5.83. The van der Waals surface area contributed by atoms with Gasteiger partial charge < -0.3 is 4.98 Å². The van der Waals surface area contributed by atoms with E-state index in [1.54, 1.807) is 0 Å². The number of fused-ring (bicyclic) bond motifs is 1. The van der Waals surface area contributed by atoms with Crippen LogP contribution in [0.3, 0.4) is 0 Å². The number of H-pyrrole nitrogens is 1. The number of nitrogens with one attached hydrogen (secondary N) is 1. The van der Waals surface area contributed by atoms with Gasteiger partial charge in [0.2, 0.25) is 0 Å². The quantitative estimate of drug-likeness (QED) is 0.486. The van der Waals surface area contributed by atoms with E-state index in [-0.39, 0.29) is 0 Å². The monoisotopic (exact) mass is 305 g/mol. The molecule has 0 aliphatic carbocycles. The van der Waals surface area contributed by atoms with Crippen LogP contribution in [0.1, 0.15) is 43.5 Å². The molecule has 3 heteroatoms. The van der Waals surface area contributed by atoms with Crippen LogP contribution in [0.25, 0.3) is 11.0 Å². The van der Waals surface area contributed by atoms with Gasteiger partial charge in [-0.05, 0) is 42.9 Å². The molecule has 23 heavy (non-hydrogen) atoms. The molecule has 1 aromatic heterocycles. The van der Waals surface area contributed by atoms with E-state index in [0.717, 1.165) is 29.8 Å². The van der Waals surface area contributed by atoms with E-state index >= 15 is 0 Å². The van der Waals surface area contributed by atoms with E-state index in [1.165, 1.54) is 18.4 Å². The van der Waals surface area contributed by atoms with Crippen molar-refractivity contribution in [2.45, 2.75) is 32.1 Å². The number of aliphatic imine (C=N–C) groups is 1. The molecule has 3 aromatic rings. The normalized spacial score (nSPS) is 12.9. The van der Waals surface area contributed by atoms with Crippen LogP contribution in [0.2, 0.25) is 0 Å². The van der Waals surface area contributed by atoms with E-state index in [2.05, 4.69) is 52.2 Å². The second-order valence-electron chi connectivity index (χ2n) is 5.83. The molecule has 0 saturated carbocycles. The molecule has 0 spiro atoms. The zero-order valence-electron chi connectivity index (χ0n) is 13.6. The highest BCUT2D eigenvalue weighted by Crippen LogP contribution is 2.24. The van der Waals surface area contributed by atoms with Gasteiger partial charge in [-0.1, -0.05) is 49.4 Å². The third-order valence-electron chi connectivity index (χ3n) is 4.22. The van der Waals surface area contributed by atoms with Crippen molar-refractivity contribution in [3.63, 3.8) is 0 Å². The first-order chi connectivity index (χ1) is 11.4. The van der Waals surface area contributed by atoms with Crippen LogP contribution in [-0.2, 0) is 0 Å². The number of aromatic nitrogens is 2. The van der Waals surface area contributed by atoms with Crippen LogP contribution in [-0.4, -0.2) is 22.7 Å². The van der Waals surface area contributed by atoms with Gasteiger partial charge in [0.25, 0.3) is 0 Å². The first-order valence-electron chi connectivity index (χ1n) is 8.36. The lowest BCUT2D eigenvalue weighted by atomic mass is 9.92. The third-order valence-corrected chi connectivity index (χ3v) is 4.22. The molecule has 0 amide bonds. The molecule has 0 aliphatic heterocycles. The number of para-hydroxylation sites is 2. The van der Waals surface area contributed by atoms with Gasteiger partial charge in [0.05, 0.1) is 17.2 Å². The summed E-state index contributed by atoms with van der Waals surface area (Å²) in [5, 5.41) is 0. The van der Waals surface area contributed by atoms with Crippen LogP contribution in [0.15, 0.2) is 59.6 Å². The van der Waals surface area contributed by atoms with Gasteiger partial charge in [-0.3, -0.25) is 4.99 Å². The van der Waals surface area contributed by atoms with Crippen molar-refractivity contribution in [2.75, 3.05) is 6.54 Å². The topological polar surface area (TPSA) is 41.0 Å². The number of aromatic amines is 1. The molecule has 3 rings (SSSR count). The molecule has 1 atom stereocenters. The minimum atomic E-state index is 0.637. The standard InChI is InChI=1S/C20H23N3/c1-2-16(17-9-4-3-5-10-17)11-8-14-21-15-20-22-18-12-6-7-13-19(18)23-20/h3-7,9-10,12-13,15-16H,2,8,11,14H2,1H3,(H,22,23). The first kappa shape index (κ1) is 15.5. The molecule has 1 unspecified atom stereocenters. The fourth-order valence-corrected chi connectivity index (χ4v) is 2.95. The summed E-state index contributed by atoms with van der Waals surface area (Å²) in [6.45, 7) is 3.11. The predicted octanol–water partition coefficient (Wildman–Crippen LogP) is 4.96. The summed E-state index contributed by atoms with van der Waals surface area (Å²) >= 11 is 0. The molecule has 0 fully saturated rings. The van der Waals surface area contributed by atoms with Crippen LogP contribution in [0, 0.1) is 0 Å². The number of benzene rings is 2. The van der Waals surface area contributed by atoms with Crippen molar-refractivity contribution in [1.29, 1.82) is 0 Å². The maximum atomic E-state index is 4.52. The van der Waals surface area contributed by atoms with Gasteiger partial charge in [-0.25, -0.2) is 4.98 Å². The zero-order chi connectivity index (χ0) is 15.9. The lowest BCUT2D eigenvalue weighted by molar-refractivity contribution is 0.582. The second-order valence-corrected chi connectivity index (χ2v) is 5.83. The fourth-order valence-electron chi connectivity index (χ4n) is 2.95. The Balaban J connectivity index is 1.50. The van der Waals surface area contributed by atoms with E-state index in [1.807, 2.05) is 30.5 Å². The van der Waals surface area contributed by atoms with Crippen LogP contribution in [0.4, 0.5) is 0 Å². The maximum Gasteiger partial charge on any atom is 0.149 e. The van der Waals surface area contributed by atoms with E-state index in [4.69, 9.17) is 0 Å². The van der Waals surface area contributed by atoms with Crippen molar-refractivity contribution >= 4 is 17.2 Å². The van der Waals surface area contributed by atoms with Gasteiger partial charge in [0.15, 0.2) is 0 Å². The summed E-state index contributed by atoms with van der Waals surface area (Å²) in [4.78, 5) is 12.3. The summed E-state index contributed by atoms with van der Waals surface area (Å²) < 4.78 is 0. The van der Waals surface area contributed by atoms with Crippen LogP contribution in [0.5, 0.6) is 0 Å². The molecule has 1 N–H and O–H groups in total. The van der Waals surface area contributed by atoms with E-state index in [0.29, 0.717) is 5.92 Å². The third kappa shape index (κ3) is 4.07. The summed E-state index contributed by atoms with van der Waals surface area (Å²) in [6, 6.07) is 18.8. The number of rotatable bonds is 7. The molecular weight excluding hydrogens is 282 g/mol. The smallest absolute Gasteiger partial charge is 0.149 e. The molecule has 0 aliphatic rings. The van der Waals surface area contributed by atoms with Gasteiger partial charge in [0, 0.05) is 6.54 Å². The summed E-state index contributed by atoms with van der Waals surface area (Å²) in [6.07, 6.45) is 5.31. The predicted molar refractivity (Wildman–Crippen MR) is 97.3 cm³/mol. The first-order valence-corrected chi connectivity index (χ1v) is 8.36. The van der Waals surface area contributed by atoms with Crippen LogP contribution >= 0.6 is 0 Å². The molecule has 0 bridgehead atoms. The molecular formula is C20H23N3. The van der Waals surface area contributed by atoms with Crippen molar-refractivity contribution in [3.8, 4) is 0 Å². The highest BCUT2D eigenvalue weighted by atomic mass is 14.9. The summed E-state index contributed by atoms with van der Waals surface area (Å²) in [5.74, 6) is 1.47. The minimum Gasteiger partial charge on any atom is -0.337 e. The summed E-state index contributed by atoms with van der Waals surface area (Å²) in [7, 11) is 0. The fraction of sp³-hybridized carbons (Fsp3) is 0.300. The Labute approximate surface area is 137 Å². The largest absolute Gasteiger partial charge is 0.337 e. The molecule has 1 heterocycles. The maximum absolute atomic E-state index is 4.52. The minimum absolute atomic E-state index is 0.637. The van der Waals surface area contributed by atoms with Gasteiger partial charge in [-0.2, -0.15) is 0 Å². The number of nitrogens with zero attached hydrogens (tertiary/aromatic N) is 2. The van der Waals surface area contributed by atoms with Gasteiger partial charge in [0.1, 0.15) is 5.82 Å². The molecule has 2 aromatic carbocycles. The Morgan fingerprint density at radius 2 is 1.87 bits per heavy atom. The van der Waals surface area contributed by atoms with Crippen molar-refractivity contribution in [1.82, 2.24) is 9.97 Å². The lowest BCUT2D eigenvalue weighted by Gasteiger charge is -2.14. The Bertz CT molecular complexity index is 726. The Kier molecular flexibility index (Phi) is 5.20. The SMILES string of the molecule is CCC(CCCN=Cc1nc2ccccc2[nH]1)c1ccccc1. The number of hydrogen-bond donors (Lipinski definition) is 1. The molecule has 118 valence electrons. The molecule has 0 radical (unpaired) electrons. The van der Waals surface area contributed by atoms with Crippen molar-refractivity contribution in [2.24, 2.45) is 4.99 Å². The Hall–Kier alpha value is -2.42. The second kappa shape index (κ2) is 7.73. The van der Waals surface area contributed by atoms with E-state index in [9.17, 15) is 0 Å². The van der Waals surface area contributed by atoms with Crippen LogP contribution < -0.4 is 0 Å². The van der Waals surface area contributed by atoms with E-state index < -0.39 is 0 Å². The lowest BCUT2D eigenvalue weighted by Crippen LogP contribution is -1.98. The number of imidazole rings is 1. The summed E-state index contributed by atoms with van der Waals surface area (Å²) in [5.41, 5.74) is 3.49. The average molecular weight is 305 g/mol. The van der Waals surface area contributed by atoms with Crippen molar-refractivity contribution in [3.05, 3.63) is 66.0 Å². The average Bonchev–Trinajstić information content (AvgIpc) is 3.01. The number of hydrogen-bond acceptors (Lipinski definition) is 2.